The van der Waals surface area contributed by atoms with Crippen molar-refractivity contribution < 1.29 is 4.74 Å². The third-order valence-electron chi connectivity index (χ3n) is 2.09. The Morgan fingerprint density at radius 1 is 1.60 bits per heavy atom. The van der Waals surface area contributed by atoms with Crippen LogP contribution in [0.3, 0.4) is 0 Å². The van der Waals surface area contributed by atoms with Gasteiger partial charge in [-0.1, -0.05) is 13.8 Å². The number of halogens is 1. The lowest BCUT2D eigenvalue weighted by Crippen LogP contribution is -2.24. The lowest BCUT2D eigenvalue weighted by molar-refractivity contribution is 0.185. The van der Waals surface area contributed by atoms with Crippen LogP contribution in [0.1, 0.15) is 25.5 Å². The molecule has 0 unspecified atom stereocenters. The van der Waals surface area contributed by atoms with Crippen molar-refractivity contribution in [3.05, 3.63) is 26.8 Å². The van der Waals surface area contributed by atoms with Gasteiger partial charge in [0.15, 0.2) is 0 Å². The van der Waals surface area contributed by atoms with E-state index in [0.29, 0.717) is 17.6 Å². The Morgan fingerprint density at radius 2 is 2.27 bits per heavy atom. The highest BCUT2D eigenvalue weighted by atomic mass is 79.9. The van der Waals surface area contributed by atoms with Gasteiger partial charge >= 0.3 is 0 Å². The fourth-order valence-corrected chi connectivity index (χ4v) is 2.02. The molecule has 0 spiro atoms. The van der Waals surface area contributed by atoms with Gasteiger partial charge in [0.05, 0.1) is 25.2 Å². The summed E-state index contributed by atoms with van der Waals surface area (Å²) in [7, 11) is 1.61. The number of ether oxygens (including phenoxy) is 1. The van der Waals surface area contributed by atoms with Crippen molar-refractivity contribution in [1.29, 1.82) is 0 Å². The van der Waals surface area contributed by atoms with E-state index in [1.807, 2.05) is 13.8 Å². The molecule has 0 bridgehead atoms. The van der Waals surface area contributed by atoms with E-state index >= 15 is 0 Å². The van der Waals surface area contributed by atoms with Gasteiger partial charge in [-0.15, -0.1) is 0 Å². The lowest BCUT2D eigenvalue weighted by atomic mass is 10.1. The van der Waals surface area contributed by atoms with E-state index in [2.05, 4.69) is 20.9 Å². The molecular weight excluding hydrogens is 260 g/mol. The van der Waals surface area contributed by atoms with E-state index in [4.69, 9.17) is 4.74 Å². The fraction of sp³-hybridized carbons (Fsp3) is 0.600. The summed E-state index contributed by atoms with van der Waals surface area (Å²) >= 11 is 3.29. The predicted molar refractivity (Wildman–Crippen MR) is 62.2 cm³/mol. The van der Waals surface area contributed by atoms with Gasteiger partial charge in [0.1, 0.15) is 4.47 Å². The Morgan fingerprint density at radius 3 is 2.80 bits per heavy atom. The molecule has 0 atom stereocenters. The minimum Gasteiger partial charge on any atom is -0.383 e. The van der Waals surface area contributed by atoms with Gasteiger partial charge in [0, 0.05) is 7.11 Å². The Hall–Kier alpha value is -0.680. The number of methoxy groups -OCH3 is 1. The van der Waals surface area contributed by atoms with Crippen LogP contribution in [0.4, 0.5) is 0 Å². The molecule has 0 N–H and O–H groups in total. The molecule has 84 valence electrons. The van der Waals surface area contributed by atoms with Crippen LogP contribution in [-0.2, 0) is 11.3 Å². The first-order valence-electron chi connectivity index (χ1n) is 4.81. The molecule has 0 saturated heterocycles. The third-order valence-corrected chi connectivity index (χ3v) is 2.84. The molecular formula is C10H15BrN2O2. The first-order valence-corrected chi connectivity index (χ1v) is 5.61. The number of nitrogens with zero attached hydrogens (tertiary/aromatic N) is 2. The second-order valence-electron chi connectivity index (χ2n) is 3.59. The van der Waals surface area contributed by atoms with Crippen LogP contribution in [0.15, 0.2) is 15.6 Å². The van der Waals surface area contributed by atoms with Crippen molar-refractivity contribution in [2.75, 3.05) is 13.7 Å². The fourth-order valence-electron chi connectivity index (χ4n) is 1.23. The van der Waals surface area contributed by atoms with Gasteiger partial charge < -0.3 is 4.74 Å². The van der Waals surface area contributed by atoms with Gasteiger partial charge in [-0.25, -0.2) is 4.98 Å². The average molecular weight is 275 g/mol. The van der Waals surface area contributed by atoms with Gasteiger partial charge in [-0.2, -0.15) is 0 Å². The minimum atomic E-state index is -0.0502. The molecule has 0 fully saturated rings. The van der Waals surface area contributed by atoms with Crippen LogP contribution in [-0.4, -0.2) is 23.3 Å². The van der Waals surface area contributed by atoms with Crippen molar-refractivity contribution in [2.45, 2.75) is 26.3 Å². The van der Waals surface area contributed by atoms with Crippen LogP contribution >= 0.6 is 15.9 Å². The van der Waals surface area contributed by atoms with Crippen LogP contribution in [0, 0.1) is 0 Å². The summed E-state index contributed by atoms with van der Waals surface area (Å²) in [5, 5.41) is 0. The molecule has 0 amide bonds. The second kappa shape index (κ2) is 5.42. The molecule has 15 heavy (non-hydrogen) atoms. The highest BCUT2D eigenvalue weighted by molar-refractivity contribution is 9.10. The van der Waals surface area contributed by atoms with Gasteiger partial charge in [-0.3, -0.25) is 9.36 Å². The summed E-state index contributed by atoms with van der Waals surface area (Å²) in [6, 6.07) is 0. The number of aromatic nitrogens is 2. The maximum atomic E-state index is 11.8. The van der Waals surface area contributed by atoms with E-state index < -0.39 is 0 Å². The maximum Gasteiger partial charge on any atom is 0.267 e. The first-order chi connectivity index (χ1) is 7.07. The summed E-state index contributed by atoms with van der Waals surface area (Å²) in [6.45, 7) is 5.05. The second-order valence-corrected chi connectivity index (χ2v) is 4.38. The monoisotopic (exact) mass is 274 g/mol. The van der Waals surface area contributed by atoms with Gasteiger partial charge in [0.25, 0.3) is 5.56 Å². The number of rotatable bonds is 4. The molecule has 0 aliphatic carbocycles. The Labute approximate surface area is 97.4 Å². The molecule has 1 rings (SSSR count). The van der Waals surface area contributed by atoms with Crippen molar-refractivity contribution >= 4 is 15.9 Å². The Kier molecular flexibility index (Phi) is 4.47. The van der Waals surface area contributed by atoms with Crippen LogP contribution in [0.25, 0.3) is 0 Å². The maximum absolute atomic E-state index is 11.8. The zero-order valence-corrected chi connectivity index (χ0v) is 10.7. The molecule has 0 aromatic carbocycles. The summed E-state index contributed by atoms with van der Waals surface area (Å²) in [5.41, 5.74) is 0.749. The molecule has 1 heterocycles. The van der Waals surface area contributed by atoms with Crippen molar-refractivity contribution in [3.8, 4) is 0 Å². The lowest BCUT2D eigenvalue weighted by Gasteiger charge is -2.10. The van der Waals surface area contributed by atoms with Crippen LogP contribution in [0.5, 0.6) is 0 Å². The SMILES string of the molecule is COCCn1cnc(C(C)C)c(Br)c1=O. The third kappa shape index (κ3) is 2.89. The van der Waals surface area contributed by atoms with Crippen LogP contribution < -0.4 is 5.56 Å². The number of hydrogen-bond donors (Lipinski definition) is 0. The quantitative estimate of drug-likeness (QED) is 0.841. The van der Waals surface area contributed by atoms with Gasteiger partial charge in [0.2, 0.25) is 0 Å². The average Bonchev–Trinajstić information content (AvgIpc) is 2.20. The topological polar surface area (TPSA) is 44.1 Å². The number of hydrogen-bond acceptors (Lipinski definition) is 3. The molecule has 0 saturated carbocycles. The van der Waals surface area contributed by atoms with Crippen molar-refractivity contribution in [1.82, 2.24) is 9.55 Å². The molecule has 1 aromatic rings. The standard InChI is InChI=1S/C10H15BrN2O2/c1-7(2)9-8(11)10(14)13(6-12-9)4-5-15-3/h6-7H,4-5H2,1-3H3. The Balaban J connectivity index is 3.05. The van der Waals surface area contributed by atoms with Crippen LogP contribution in [0.2, 0.25) is 0 Å². The summed E-state index contributed by atoms with van der Waals surface area (Å²) in [4.78, 5) is 16.1. The minimum absolute atomic E-state index is 0.0502. The predicted octanol–water partition coefficient (Wildman–Crippen LogP) is 1.78. The van der Waals surface area contributed by atoms with E-state index in [1.165, 1.54) is 0 Å². The molecule has 5 heteroatoms. The Bertz CT molecular complexity index is 387. The van der Waals surface area contributed by atoms with Gasteiger partial charge in [-0.05, 0) is 21.8 Å². The van der Waals surface area contributed by atoms with E-state index in [0.717, 1.165) is 5.69 Å². The molecule has 0 radical (unpaired) electrons. The molecule has 1 aromatic heterocycles. The normalized spacial score (nSPS) is 11.0. The molecule has 0 aliphatic heterocycles. The highest BCUT2D eigenvalue weighted by Crippen LogP contribution is 2.17. The summed E-state index contributed by atoms with van der Waals surface area (Å²) in [5.74, 6) is 0.240. The van der Waals surface area contributed by atoms with E-state index in [9.17, 15) is 4.79 Å². The molecule has 0 aliphatic rings. The van der Waals surface area contributed by atoms with Crippen molar-refractivity contribution in [3.63, 3.8) is 0 Å². The zero-order chi connectivity index (χ0) is 11.4. The smallest absolute Gasteiger partial charge is 0.267 e. The zero-order valence-electron chi connectivity index (χ0n) is 9.16. The highest BCUT2D eigenvalue weighted by Gasteiger charge is 2.11. The van der Waals surface area contributed by atoms with E-state index in [1.54, 1.807) is 18.0 Å². The molecule has 4 nitrogen and oxygen atoms in total. The summed E-state index contributed by atoms with van der Waals surface area (Å²) < 4.78 is 7.01. The van der Waals surface area contributed by atoms with Crippen molar-refractivity contribution in [2.24, 2.45) is 0 Å². The van der Waals surface area contributed by atoms with E-state index in [-0.39, 0.29) is 11.5 Å². The largest absolute Gasteiger partial charge is 0.383 e. The first kappa shape index (κ1) is 12.4. The summed E-state index contributed by atoms with van der Waals surface area (Å²) in [6.07, 6.45) is 1.57.